The fourth-order valence-corrected chi connectivity index (χ4v) is 2.15. The number of hydrogen-bond donors (Lipinski definition) is 2. The third kappa shape index (κ3) is 3.82. The maximum Gasteiger partial charge on any atom is 0.143 e. The van der Waals surface area contributed by atoms with E-state index in [0.29, 0.717) is 11.5 Å². The molecule has 0 atom stereocenters. The Balaban J connectivity index is 2.33. The summed E-state index contributed by atoms with van der Waals surface area (Å²) in [6.45, 7) is 4.89. The molecule has 2 aromatic rings. The van der Waals surface area contributed by atoms with Crippen molar-refractivity contribution < 1.29 is 4.39 Å². The summed E-state index contributed by atoms with van der Waals surface area (Å²) < 4.78 is 13.5. The third-order valence-electron chi connectivity index (χ3n) is 2.97. The van der Waals surface area contributed by atoms with Gasteiger partial charge < -0.3 is 10.6 Å². The maximum absolute atomic E-state index is 13.5. The molecule has 0 aliphatic carbocycles. The van der Waals surface area contributed by atoms with Crippen LogP contribution in [-0.4, -0.2) is 16.5 Å². The van der Waals surface area contributed by atoms with E-state index in [0.717, 1.165) is 30.8 Å². The van der Waals surface area contributed by atoms with E-state index in [9.17, 15) is 4.39 Å². The van der Waals surface area contributed by atoms with Gasteiger partial charge in [0, 0.05) is 17.8 Å². The fraction of sp³-hybridized carbons (Fsp3) is 0.333. The van der Waals surface area contributed by atoms with Crippen LogP contribution in [0.3, 0.4) is 0 Å². The first-order chi connectivity index (χ1) is 10.2. The molecule has 0 bridgehead atoms. The largest absolute Gasteiger partial charge is 0.370 e. The molecule has 1 aromatic heterocycles. The highest BCUT2D eigenvalue weighted by Gasteiger charge is 2.11. The lowest BCUT2D eigenvalue weighted by molar-refractivity contribution is 0.629. The van der Waals surface area contributed by atoms with Crippen LogP contribution in [0.2, 0.25) is 5.02 Å². The zero-order valence-electron chi connectivity index (χ0n) is 12.1. The van der Waals surface area contributed by atoms with Crippen LogP contribution >= 0.6 is 11.6 Å². The van der Waals surface area contributed by atoms with Crippen LogP contribution in [0.15, 0.2) is 24.5 Å². The van der Waals surface area contributed by atoms with E-state index in [2.05, 4.69) is 27.5 Å². The highest BCUT2D eigenvalue weighted by molar-refractivity contribution is 6.30. The first-order valence-corrected chi connectivity index (χ1v) is 7.33. The van der Waals surface area contributed by atoms with Crippen molar-refractivity contribution in [1.29, 1.82) is 0 Å². The van der Waals surface area contributed by atoms with Crippen LogP contribution in [0.1, 0.15) is 25.8 Å². The Bertz CT molecular complexity index is 619. The smallest absolute Gasteiger partial charge is 0.143 e. The van der Waals surface area contributed by atoms with E-state index in [1.165, 1.54) is 18.5 Å². The second-order valence-electron chi connectivity index (χ2n) is 4.58. The molecule has 2 N–H and O–H groups in total. The number of nitrogens with zero attached hydrogens (tertiary/aromatic N) is 2. The molecule has 0 saturated heterocycles. The Hall–Kier alpha value is -1.88. The van der Waals surface area contributed by atoms with Crippen molar-refractivity contribution in [1.82, 2.24) is 9.97 Å². The maximum atomic E-state index is 13.5. The van der Waals surface area contributed by atoms with Crippen molar-refractivity contribution >= 4 is 28.9 Å². The van der Waals surface area contributed by atoms with Crippen LogP contribution in [0.5, 0.6) is 0 Å². The Kier molecular flexibility index (Phi) is 5.33. The van der Waals surface area contributed by atoms with Crippen LogP contribution in [0.4, 0.5) is 21.7 Å². The van der Waals surface area contributed by atoms with Crippen LogP contribution < -0.4 is 10.6 Å². The Labute approximate surface area is 128 Å². The summed E-state index contributed by atoms with van der Waals surface area (Å²) in [5, 5.41) is 6.46. The van der Waals surface area contributed by atoms with Crippen molar-refractivity contribution in [3.8, 4) is 0 Å². The highest BCUT2D eigenvalue weighted by atomic mass is 35.5. The fourth-order valence-electron chi connectivity index (χ4n) is 2.04. The van der Waals surface area contributed by atoms with Gasteiger partial charge in [0.1, 0.15) is 23.8 Å². The molecule has 6 heteroatoms. The summed E-state index contributed by atoms with van der Waals surface area (Å²) in [6.07, 6.45) is 3.29. The molecule has 1 heterocycles. The number of hydrogen-bond acceptors (Lipinski definition) is 4. The summed E-state index contributed by atoms with van der Waals surface area (Å²) in [5.74, 6) is 1.04. The normalized spacial score (nSPS) is 10.5. The number of nitrogens with one attached hydrogen (secondary N) is 2. The van der Waals surface area contributed by atoms with Gasteiger partial charge in [-0.05, 0) is 31.5 Å². The van der Waals surface area contributed by atoms with Gasteiger partial charge in [0.05, 0.1) is 5.02 Å². The van der Waals surface area contributed by atoms with Crippen LogP contribution in [-0.2, 0) is 6.42 Å². The minimum absolute atomic E-state index is 0.102. The zero-order valence-corrected chi connectivity index (χ0v) is 12.8. The van der Waals surface area contributed by atoms with Gasteiger partial charge in [-0.2, -0.15) is 0 Å². The quantitative estimate of drug-likeness (QED) is 0.830. The summed E-state index contributed by atoms with van der Waals surface area (Å²) in [4.78, 5) is 8.53. The molecule has 2 rings (SSSR count). The van der Waals surface area contributed by atoms with E-state index in [1.807, 2.05) is 6.92 Å². The number of rotatable bonds is 6. The lowest BCUT2D eigenvalue weighted by Crippen LogP contribution is -2.08. The van der Waals surface area contributed by atoms with Crippen molar-refractivity contribution in [2.24, 2.45) is 0 Å². The van der Waals surface area contributed by atoms with Gasteiger partial charge in [-0.15, -0.1) is 0 Å². The molecule has 0 amide bonds. The highest BCUT2D eigenvalue weighted by Crippen LogP contribution is 2.26. The average molecular weight is 309 g/mol. The number of benzene rings is 1. The van der Waals surface area contributed by atoms with Crippen LogP contribution in [0, 0.1) is 5.82 Å². The summed E-state index contributed by atoms with van der Waals surface area (Å²) in [7, 11) is 0. The third-order valence-corrected chi connectivity index (χ3v) is 3.28. The molecule has 112 valence electrons. The molecule has 0 aliphatic rings. The molecule has 0 unspecified atom stereocenters. The second kappa shape index (κ2) is 7.22. The van der Waals surface area contributed by atoms with Gasteiger partial charge in [0.15, 0.2) is 0 Å². The Morgan fingerprint density at radius 2 is 1.95 bits per heavy atom. The first kappa shape index (κ1) is 15.5. The number of halogens is 2. The Morgan fingerprint density at radius 1 is 1.19 bits per heavy atom. The van der Waals surface area contributed by atoms with Crippen LogP contribution in [0.25, 0.3) is 0 Å². The molecule has 21 heavy (non-hydrogen) atoms. The monoisotopic (exact) mass is 308 g/mol. The van der Waals surface area contributed by atoms with Gasteiger partial charge in [0.2, 0.25) is 0 Å². The lowest BCUT2D eigenvalue weighted by Gasteiger charge is -2.14. The van der Waals surface area contributed by atoms with Gasteiger partial charge >= 0.3 is 0 Å². The van der Waals surface area contributed by atoms with Gasteiger partial charge in [0.25, 0.3) is 0 Å². The standard InChI is InChI=1S/C15H18ClFN4/c1-3-5-11-14(18-4-2)19-9-20-15(11)21-10-6-7-12(16)13(17)8-10/h6-9H,3-5H2,1-2H3,(H2,18,19,20,21). The summed E-state index contributed by atoms with van der Waals surface area (Å²) in [5.41, 5.74) is 1.60. The summed E-state index contributed by atoms with van der Waals surface area (Å²) >= 11 is 5.69. The predicted octanol–water partition coefficient (Wildman–Crippen LogP) is 4.40. The minimum Gasteiger partial charge on any atom is -0.370 e. The van der Waals surface area contributed by atoms with Crippen molar-refractivity contribution in [2.45, 2.75) is 26.7 Å². The van der Waals surface area contributed by atoms with Crippen molar-refractivity contribution in [3.05, 3.63) is 40.9 Å². The Morgan fingerprint density at radius 3 is 2.62 bits per heavy atom. The lowest BCUT2D eigenvalue weighted by atomic mass is 10.1. The van der Waals surface area contributed by atoms with Gasteiger partial charge in [-0.25, -0.2) is 14.4 Å². The van der Waals surface area contributed by atoms with E-state index in [1.54, 1.807) is 6.07 Å². The SMILES string of the molecule is CCCc1c(NCC)ncnc1Nc1ccc(Cl)c(F)c1. The molecule has 4 nitrogen and oxygen atoms in total. The van der Waals surface area contributed by atoms with Gasteiger partial charge in [-0.1, -0.05) is 24.9 Å². The molecular formula is C15H18ClFN4. The molecular weight excluding hydrogens is 291 g/mol. The topological polar surface area (TPSA) is 49.8 Å². The van der Waals surface area contributed by atoms with E-state index in [-0.39, 0.29) is 5.02 Å². The number of anilines is 3. The molecule has 0 radical (unpaired) electrons. The van der Waals surface area contributed by atoms with Crippen molar-refractivity contribution in [2.75, 3.05) is 17.2 Å². The summed E-state index contributed by atoms with van der Waals surface area (Å²) in [6, 6.07) is 4.59. The zero-order chi connectivity index (χ0) is 15.2. The molecule has 0 saturated carbocycles. The van der Waals surface area contributed by atoms with Crippen molar-refractivity contribution in [3.63, 3.8) is 0 Å². The predicted molar refractivity (Wildman–Crippen MR) is 84.9 cm³/mol. The second-order valence-corrected chi connectivity index (χ2v) is 4.99. The molecule has 0 spiro atoms. The molecule has 1 aromatic carbocycles. The van der Waals surface area contributed by atoms with E-state index < -0.39 is 5.82 Å². The molecule has 0 fully saturated rings. The van der Waals surface area contributed by atoms with E-state index >= 15 is 0 Å². The van der Waals surface area contributed by atoms with Gasteiger partial charge in [-0.3, -0.25) is 0 Å². The first-order valence-electron chi connectivity index (χ1n) is 6.95. The number of aromatic nitrogens is 2. The molecule has 0 aliphatic heterocycles. The minimum atomic E-state index is -0.459. The average Bonchev–Trinajstić information content (AvgIpc) is 2.46. The van der Waals surface area contributed by atoms with E-state index in [4.69, 9.17) is 11.6 Å².